The molecule has 1 rings (SSSR count). The van der Waals surface area contributed by atoms with Crippen LogP contribution in [0.3, 0.4) is 0 Å². The fourth-order valence-electron chi connectivity index (χ4n) is 1.24. The number of carbonyl (C=O) groups is 1. The second kappa shape index (κ2) is 10.1. The van der Waals surface area contributed by atoms with Gasteiger partial charge in [-0.05, 0) is 25.1 Å². The first-order chi connectivity index (χ1) is 8.29. The molecular weight excluding hydrogens is 306 g/mol. The van der Waals surface area contributed by atoms with E-state index in [9.17, 15) is 22.9 Å². The van der Waals surface area contributed by atoms with Crippen LogP contribution in [0, 0.1) is 0 Å². The minimum Gasteiger partial charge on any atom is -0.744 e. The van der Waals surface area contributed by atoms with Gasteiger partial charge in [-0.15, -0.1) is 0 Å². The Balaban J connectivity index is 0. The van der Waals surface area contributed by atoms with Crippen LogP contribution in [0.5, 0.6) is 0 Å². The van der Waals surface area contributed by atoms with E-state index >= 15 is 0 Å². The van der Waals surface area contributed by atoms with E-state index < -0.39 is 22.1 Å². The smallest absolute Gasteiger partial charge is 0.744 e. The average molecular weight is 318 g/mol. The van der Waals surface area contributed by atoms with Crippen molar-refractivity contribution in [3.8, 4) is 0 Å². The van der Waals surface area contributed by atoms with E-state index in [-0.39, 0.29) is 70.4 Å². The number of aliphatic carboxylic acids is 1. The number of hydrazine groups is 1. The summed E-state index contributed by atoms with van der Waals surface area (Å²) in [5, 5.41) is 10.3. The van der Waals surface area contributed by atoms with Gasteiger partial charge in [0.2, 0.25) is 0 Å². The van der Waals surface area contributed by atoms with Crippen LogP contribution in [-0.4, -0.2) is 25.0 Å². The van der Waals surface area contributed by atoms with E-state index in [0.29, 0.717) is 5.69 Å². The van der Waals surface area contributed by atoms with Crippen LogP contribution in [-0.2, 0) is 14.9 Å². The first-order valence-electron chi connectivity index (χ1n) is 5.06. The summed E-state index contributed by atoms with van der Waals surface area (Å²) in [6.07, 6.45) is -0.202. The van der Waals surface area contributed by atoms with Crippen LogP contribution in [0.15, 0.2) is 29.2 Å². The predicted octanol–water partition coefficient (Wildman–Crippen LogP) is -6.96. The number of hydrogen-bond donors (Lipinski definition) is 2. The summed E-state index contributed by atoms with van der Waals surface area (Å²) in [6.45, 7) is 1.61. The first kappa shape index (κ1) is 22.6. The molecule has 0 radical (unpaired) electrons. The second-order valence-electron chi connectivity index (χ2n) is 3.73. The van der Waals surface area contributed by atoms with Crippen molar-refractivity contribution < 1.29 is 82.0 Å². The fourth-order valence-corrected chi connectivity index (χ4v) is 1.75. The van der Waals surface area contributed by atoms with Crippen molar-refractivity contribution in [2.75, 3.05) is 5.43 Å². The van der Waals surface area contributed by atoms with Crippen LogP contribution in [0.4, 0.5) is 5.69 Å². The van der Waals surface area contributed by atoms with Crippen molar-refractivity contribution in [3.05, 3.63) is 24.3 Å². The van der Waals surface area contributed by atoms with Crippen LogP contribution in [0.2, 0.25) is 0 Å². The van der Waals surface area contributed by atoms with Crippen molar-refractivity contribution in [1.29, 1.82) is 0 Å². The van der Waals surface area contributed by atoms with Gasteiger partial charge in [-0.3, -0.25) is 0 Å². The third-order valence-electron chi connectivity index (χ3n) is 2.06. The molecule has 0 saturated carbocycles. The van der Waals surface area contributed by atoms with Gasteiger partial charge in [-0.2, -0.15) is 0 Å². The minimum absolute atomic E-state index is 0. The molecule has 0 aliphatic heterocycles. The number of rotatable bonds is 6. The quantitative estimate of drug-likeness (QED) is 0.304. The topological polar surface area (TPSA) is 121 Å². The van der Waals surface area contributed by atoms with Crippen molar-refractivity contribution in [2.24, 2.45) is 0 Å². The molecule has 7 nitrogen and oxygen atoms in total. The summed E-state index contributed by atoms with van der Waals surface area (Å²) < 4.78 is 32.3. The molecule has 0 bridgehead atoms. The second-order valence-corrected chi connectivity index (χ2v) is 5.11. The monoisotopic (exact) mass is 318 g/mol. The molecule has 20 heavy (non-hydrogen) atoms. The van der Waals surface area contributed by atoms with Gasteiger partial charge >= 0.3 is 59.1 Å². The zero-order valence-corrected chi connectivity index (χ0v) is 16.4. The molecule has 0 heterocycles. The minimum atomic E-state index is -4.50. The van der Waals surface area contributed by atoms with E-state index in [1.165, 1.54) is 18.2 Å². The molecule has 0 aliphatic carbocycles. The molecule has 0 aromatic heterocycles. The molecule has 0 spiro atoms. The Labute approximate surface area is 161 Å². The Bertz CT molecular complexity index is 538. The number of benzene rings is 1. The van der Waals surface area contributed by atoms with Gasteiger partial charge in [-0.25, -0.2) is 13.8 Å². The van der Waals surface area contributed by atoms with Crippen LogP contribution in [0.1, 0.15) is 13.3 Å². The number of carboxylic acid groups (broad SMARTS) is 1. The predicted molar refractivity (Wildman–Crippen MR) is 60.2 cm³/mol. The molecule has 0 aliphatic rings. The number of hydrogen-bond acceptors (Lipinski definition) is 7. The number of carboxylic acids is 1. The molecule has 100 valence electrons. The summed E-state index contributed by atoms with van der Waals surface area (Å²) >= 11 is 0. The molecule has 1 atom stereocenters. The zero-order valence-electron chi connectivity index (χ0n) is 11.5. The molecule has 0 amide bonds. The van der Waals surface area contributed by atoms with Crippen LogP contribution >= 0.6 is 0 Å². The van der Waals surface area contributed by atoms with Gasteiger partial charge in [0, 0.05) is 24.1 Å². The van der Waals surface area contributed by atoms with Gasteiger partial charge < -0.3 is 19.9 Å². The maximum Gasteiger partial charge on any atom is 1.00 e. The third-order valence-corrected chi connectivity index (χ3v) is 2.89. The molecule has 1 unspecified atom stereocenters. The Kier molecular flexibility index (Phi) is 11.5. The normalized spacial score (nSPS) is 11.7. The zero-order chi connectivity index (χ0) is 13.8. The van der Waals surface area contributed by atoms with Crippen molar-refractivity contribution in [3.63, 3.8) is 0 Å². The standard InChI is InChI=1S/C10H14N2O5S.2Na/c1-7(5-10(13)14)11-12-8-3-2-4-9(6-8)18(15,16)17;;/h2-4,6-7,11-12H,5H2,1H3,(H,13,14)(H,15,16,17);;/q;2*+1/p-2. The van der Waals surface area contributed by atoms with Crippen LogP contribution in [0.25, 0.3) is 0 Å². The van der Waals surface area contributed by atoms with E-state index in [0.717, 1.165) is 6.07 Å². The van der Waals surface area contributed by atoms with Gasteiger partial charge in [0.1, 0.15) is 10.1 Å². The SMILES string of the molecule is CC(CC(=O)[O-])NNc1cccc(S(=O)(=O)[O-])c1.[Na+].[Na+]. The van der Waals surface area contributed by atoms with E-state index in [1.807, 2.05) is 0 Å². The number of carbonyl (C=O) groups excluding carboxylic acids is 1. The molecule has 0 fully saturated rings. The number of anilines is 1. The van der Waals surface area contributed by atoms with E-state index in [2.05, 4.69) is 10.9 Å². The summed E-state index contributed by atoms with van der Waals surface area (Å²) in [6, 6.07) is 4.85. The molecular formula is C10H12N2Na2O5S. The molecule has 10 heteroatoms. The van der Waals surface area contributed by atoms with Crippen LogP contribution < -0.4 is 75.1 Å². The summed E-state index contributed by atoms with van der Waals surface area (Å²) in [4.78, 5) is 9.95. The van der Waals surface area contributed by atoms with Crippen molar-refractivity contribution in [2.45, 2.75) is 24.3 Å². The van der Waals surface area contributed by atoms with Crippen molar-refractivity contribution >= 4 is 21.8 Å². The Morgan fingerprint density at radius 1 is 1.35 bits per heavy atom. The third kappa shape index (κ3) is 8.60. The van der Waals surface area contributed by atoms with Gasteiger partial charge in [0.25, 0.3) is 0 Å². The Hall–Kier alpha value is 0.360. The molecule has 1 aromatic rings. The maximum atomic E-state index is 10.8. The Morgan fingerprint density at radius 2 is 1.95 bits per heavy atom. The maximum absolute atomic E-state index is 10.8. The summed E-state index contributed by atoms with van der Waals surface area (Å²) in [5.41, 5.74) is 5.60. The number of nitrogens with one attached hydrogen (secondary N) is 2. The van der Waals surface area contributed by atoms with Gasteiger partial charge in [-0.1, -0.05) is 6.07 Å². The Morgan fingerprint density at radius 3 is 2.45 bits per heavy atom. The molecule has 1 aromatic carbocycles. The fraction of sp³-hybridized carbons (Fsp3) is 0.300. The van der Waals surface area contributed by atoms with Gasteiger partial charge in [0.15, 0.2) is 0 Å². The summed E-state index contributed by atoms with van der Waals surface area (Å²) in [5.74, 6) is -1.20. The molecule has 2 N–H and O–H groups in total. The largest absolute Gasteiger partial charge is 1.00 e. The van der Waals surface area contributed by atoms with E-state index in [4.69, 9.17) is 0 Å². The first-order valence-corrected chi connectivity index (χ1v) is 6.47. The van der Waals surface area contributed by atoms with Gasteiger partial charge in [0.05, 0.1) is 4.90 Å². The average Bonchev–Trinajstić information content (AvgIpc) is 2.25. The van der Waals surface area contributed by atoms with E-state index in [1.54, 1.807) is 6.92 Å². The molecule has 0 saturated heterocycles. The van der Waals surface area contributed by atoms with Crippen molar-refractivity contribution in [1.82, 2.24) is 5.43 Å². The summed E-state index contributed by atoms with van der Waals surface area (Å²) in [7, 11) is -4.50.